The number of hydrogen-bond acceptors (Lipinski definition) is 5. The number of piperazine rings is 1. The second kappa shape index (κ2) is 8.13. The molecule has 0 aliphatic carbocycles. The smallest absolute Gasteiger partial charge is 0.209 e. The largest absolute Gasteiger partial charge is 0.506 e. The molecular formula is C17H29N5O3S. The molecule has 0 bridgehead atoms. The highest BCUT2D eigenvalue weighted by Crippen LogP contribution is 2.27. The van der Waals surface area contributed by atoms with Crippen LogP contribution in [0.3, 0.4) is 0 Å². The summed E-state index contributed by atoms with van der Waals surface area (Å²) < 4.78 is 25.5. The van der Waals surface area contributed by atoms with Crippen LogP contribution in [0.4, 0.5) is 5.69 Å². The van der Waals surface area contributed by atoms with E-state index in [-0.39, 0.29) is 5.75 Å². The molecule has 0 spiro atoms. The molecule has 9 heteroatoms. The third-order valence-corrected chi connectivity index (χ3v) is 5.09. The summed E-state index contributed by atoms with van der Waals surface area (Å²) >= 11 is 0. The zero-order valence-electron chi connectivity index (χ0n) is 15.9. The van der Waals surface area contributed by atoms with Gasteiger partial charge in [0.1, 0.15) is 5.75 Å². The van der Waals surface area contributed by atoms with Crippen LogP contribution < -0.4 is 14.9 Å². The molecule has 0 unspecified atom stereocenters. The molecule has 2 rings (SSSR count). The maximum atomic E-state index is 11.5. The summed E-state index contributed by atoms with van der Waals surface area (Å²) in [6.07, 6.45) is 1.15. The summed E-state index contributed by atoms with van der Waals surface area (Å²) in [4.78, 5) is 8.59. The van der Waals surface area contributed by atoms with Gasteiger partial charge in [-0.3, -0.25) is 4.99 Å². The van der Waals surface area contributed by atoms with Gasteiger partial charge in [0.25, 0.3) is 0 Å². The summed E-state index contributed by atoms with van der Waals surface area (Å²) in [5, 5.41) is 13.3. The highest BCUT2D eigenvalue weighted by Gasteiger charge is 2.25. The Morgan fingerprint density at radius 3 is 2.38 bits per heavy atom. The highest BCUT2D eigenvalue weighted by molar-refractivity contribution is 7.88. The average molecular weight is 384 g/mol. The molecule has 1 aromatic carbocycles. The molecule has 0 saturated carbocycles. The van der Waals surface area contributed by atoms with Crippen molar-refractivity contribution in [3.8, 4) is 5.75 Å². The number of sulfonamides is 1. The summed E-state index contributed by atoms with van der Waals surface area (Å²) in [5.41, 5.74) is 0.217. The van der Waals surface area contributed by atoms with Crippen LogP contribution in [-0.4, -0.2) is 75.9 Å². The molecule has 1 fully saturated rings. The van der Waals surface area contributed by atoms with Crippen molar-refractivity contribution in [3.63, 3.8) is 0 Å². The van der Waals surface area contributed by atoms with Crippen LogP contribution in [0.5, 0.6) is 5.75 Å². The van der Waals surface area contributed by atoms with Gasteiger partial charge in [0.15, 0.2) is 5.96 Å². The zero-order chi connectivity index (χ0) is 19.4. The molecule has 0 atom stereocenters. The lowest BCUT2D eigenvalue weighted by Gasteiger charge is -2.38. The van der Waals surface area contributed by atoms with Gasteiger partial charge in [-0.15, -0.1) is 0 Å². The minimum absolute atomic E-state index is 0.289. The van der Waals surface area contributed by atoms with Gasteiger partial charge < -0.3 is 20.2 Å². The Labute approximate surface area is 156 Å². The van der Waals surface area contributed by atoms with Crippen molar-refractivity contribution in [1.82, 2.24) is 14.9 Å². The monoisotopic (exact) mass is 383 g/mol. The van der Waals surface area contributed by atoms with E-state index >= 15 is 0 Å². The molecule has 0 amide bonds. The van der Waals surface area contributed by atoms with E-state index in [1.165, 1.54) is 0 Å². The average Bonchev–Trinajstić information content (AvgIpc) is 2.54. The van der Waals surface area contributed by atoms with E-state index in [0.29, 0.717) is 6.54 Å². The van der Waals surface area contributed by atoms with Crippen molar-refractivity contribution in [3.05, 3.63) is 24.3 Å². The molecular weight excluding hydrogens is 354 g/mol. The number of nitrogens with one attached hydrogen (secondary N) is 2. The first-order chi connectivity index (χ1) is 12.1. The third-order valence-electron chi connectivity index (χ3n) is 4.16. The Morgan fingerprint density at radius 1 is 1.23 bits per heavy atom. The van der Waals surface area contributed by atoms with Crippen molar-refractivity contribution in [1.29, 1.82) is 0 Å². The molecule has 1 aliphatic heterocycles. The van der Waals surface area contributed by atoms with Crippen LogP contribution in [0.1, 0.15) is 13.8 Å². The topological polar surface area (TPSA) is 97.3 Å². The molecule has 3 N–H and O–H groups in total. The first-order valence-electron chi connectivity index (χ1n) is 8.59. The Kier molecular flexibility index (Phi) is 6.35. The van der Waals surface area contributed by atoms with Crippen molar-refractivity contribution < 1.29 is 13.5 Å². The molecule has 146 valence electrons. The van der Waals surface area contributed by atoms with E-state index in [1.54, 1.807) is 13.1 Å². The Balaban J connectivity index is 1.92. The number of guanidine groups is 1. The summed E-state index contributed by atoms with van der Waals surface area (Å²) in [6, 6.07) is 7.34. The summed E-state index contributed by atoms with van der Waals surface area (Å²) in [7, 11) is -1.56. The minimum Gasteiger partial charge on any atom is -0.506 e. The molecule has 1 aromatic rings. The number of benzene rings is 1. The van der Waals surface area contributed by atoms with Gasteiger partial charge in [0, 0.05) is 45.3 Å². The number of phenolic OH excluding ortho intramolecular Hbond substituents is 1. The zero-order valence-corrected chi connectivity index (χ0v) is 16.7. The molecule has 0 aromatic heterocycles. The van der Waals surface area contributed by atoms with Crippen LogP contribution in [0.15, 0.2) is 29.3 Å². The van der Waals surface area contributed by atoms with Gasteiger partial charge >= 0.3 is 0 Å². The van der Waals surface area contributed by atoms with Gasteiger partial charge in [-0.05, 0) is 26.0 Å². The third kappa shape index (κ3) is 5.77. The predicted molar refractivity (Wildman–Crippen MR) is 105 cm³/mol. The van der Waals surface area contributed by atoms with Gasteiger partial charge in [0.2, 0.25) is 10.0 Å². The fraction of sp³-hybridized carbons (Fsp3) is 0.588. The van der Waals surface area contributed by atoms with Crippen molar-refractivity contribution >= 4 is 21.7 Å². The van der Waals surface area contributed by atoms with Crippen LogP contribution in [0, 0.1) is 0 Å². The maximum Gasteiger partial charge on any atom is 0.209 e. The predicted octanol–water partition coefficient (Wildman–Crippen LogP) is 0.417. The van der Waals surface area contributed by atoms with E-state index in [2.05, 4.69) is 24.8 Å². The number of rotatable bonds is 5. The quantitative estimate of drug-likeness (QED) is 0.504. The summed E-state index contributed by atoms with van der Waals surface area (Å²) in [5.74, 6) is 1.03. The molecule has 0 radical (unpaired) electrons. The van der Waals surface area contributed by atoms with Crippen molar-refractivity contribution in [2.75, 3.05) is 50.9 Å². The number of aliphatic imine (C=N–C) groups is 1. The first kappa shape index (κ1) is 20.3. The van der Waals surface area contributed by atoms with Gasteiger partial charge in [-0.2, -0.15) is 0 Å². The lowest BCUT2D eigenvalue weighted by molar-refractivity contribution is 0.360. The van der Waals surface area contributed by atoms with E-state index in [9.17, 15) is 13.5 Å². The lowest BCUT2D eigenvalue weighted by atomic mass is 10.1. The first-order valence-corrected chi connectivity index (χ1v) is 10.5. The number of aromatic hydroxyl groups is 1. The second-order valence-corrected chi connectivity index (χ2v) is 8.87. The fourth-order valence-corrected chi connectivity index (χ4v) is 4.14. The Morgan fingerprint density at radius 2 is 1.85 bits per heavy atom. The number of para-hydroxylation sites is 2. The van der Waals surface area contributed by atoms with E-state index in [4.69, 9.17) is 0 Å². The molecule has 1 aliphatic rings. The minimum atomic E-state index is -3.28. The second-order valence-electron chi connectivity index (χ2n) is 7.12. The highest BCUT2D eigenvalue weighted by atomic mass is 32.2. The SMILES string of the molecule is CN=C(NCC(C)(C)NS(C)(=O)=O)N1CCN(c2ccccc2O)CC1. The van der Waals surface area contributed by atoms with Crippen LogP contribution in [0.2, 0.25) is 0 Å². The fourth-order valence-electron chi connectivity index (χ4n) is 3.06. The van der Waals surface area contributed by atoms with Crippen molar-refractivity contribution in [2.24, 2.45) is 4.99 Å². The summed E-state index contributed by atoms with van der Waals surface area (Å²) in [6.45, 7) is 7.12. The number of anilines is 1. The van der Waals surface area contributed by atoms with Crippen LogP contribution >= 0.6 is 0 Å². The molecule has 1 saturated heterocycles. The Hall–Kier alpha value is -2.00. The normalized spacial score (nSPS) is 16.7. The molecule has 26 heavy (non-hydrogen) atoms. The van der Waals surface area contributed by atoms with E-state index in [0.717, 1.165) is 44.1 Å². The lowest BCUT2D eigenvalue weighted by Crippen LogP contribution is -2.56. The van der Waals surface area contributed by atoms with Crippen LogP contribution in [0.25, 0.3) is 0 Å². The standard InChI is InChI=1S/C17H29N5O3S/c1-17(2,20-26(4,24)25)13-19-16(18-3)22-11-9-21(10-12-22)14-7-5-6-8-15(14)23/h5-8,20,23H,9-13H2,1-4H3,(H,18,19). The number of phenols is 1. The molecule has 1 heterocycles. The maximum absolute atomic E-state index is 11.5. The van der Waals surface area contributed by atoms with E-state index in [1.807, 2.05) is 32.0 Å². The van der Waals surface area contributed by atoms with Crippen LogP contribution in [-0.2, 0) is 10.0 Å². The van der Waals surface area contributed by atoms with Gasteiger partial charge in [0.05, 0.1) is 11.9 Å². The molecule has 8 nitrogen and oxygen atoms in total. The van der Waals surface area contributed by atoms with Gasteiger partial charge in [-0.1, -0.05) is 12.1 Å². The van der Waals surface area contributed by atoms with Crippen molar-refractivity contribution in [2.45, 2.75) is 19.4 Å². The number of hydrogen-bond donors (Lipinski definition) is 3. The Bertz CT molecular complexity index is 741. The number of nitrogens with zero attached hydrogens (tertiary/aromatic N) is 3. The van der Waals surface area contributed by atoms with E-state index < -0.39 is 15.6 Å². The van der Waals surface area contributed by atoms with Gasteiger partial charge in [-0.25, -0.2) is 13.1 Å².